The monoisotopic (exact) mass is 239 g/mol. The van der Waals surface area contributed by atoms with Gasteiger partial charge in [-0.1, -0.05) is 6.07 Å². The van der Waals surface area contributed by atoms with E-state index in [1.165, 1.54) is 6.07 Å². The highest BCUT2D eigenvalue weighted by Crippen LogP contribution is 2.31. The molecule has 1 aromatic rings. The summed E-state index contributed by atoms with van der Waals surface area (Å²) in [6.45, 7) is 8.62. The minimum atomic E-state index is -0.373. The summed E-state index contributed by atoms with van der Waals surface area (Å²) in [6.07, 6.45) is 0. The molecule has 0 aliphatic heterocycles. The van der Waals surface area contributed by atoms with E-state index in [0.717, 1.165) is 11.1 Å². The molecule has 96 valence electrons. The number of likely N-dealkylation sites (N-methyl/N-ethyl adjacent to an activating group) is 1. The van der Waals surface area contributed by atoms with Crippen molar-refractivity contribution in [3.8, 4) is 0 Å². The van der Waals surface area contributed by atoms with Crippen LogP contribution in [0.2, 0.25) is 0 Å². The average molecular weight is 239 g/mol. The molecule has 1 aromatic carbocycles. The molecule has 0 radical (unpaired) electrons. The summed E-state index contributed by atoms with van der Waals surface area (Å²) < 4.78 is 19.1. The summed E-state index contributed by atoms with van der Waals surface area (Å²) in [5, 5.41) is 3.22. The van der Waals surface area contributed by atoms with E-state index < -0.39 is 0 Å². The number of nitrogens with one attached hydrogen (secondary N) is 1. The molecule has 1 N–H and O–H groups in total. The predicted molar refractivity (Wildman–Crippen MR) is 68.6 cm³/mol. The van der Waals surface area contributed by atoms with Crippen LogP contribution in [0.3, 0.4) is 0 Å². The van der Waals surface area contributed by atoms with Crippen LogP contribution >= 0.6 is 0 Å². The first kappa shape index (κ1) is 14.1. The summed E-state index contributed by atoms with van der Waals surface area (Å²) in [7, 11) is 1.87. The van der Waals surface area contributed by atoms with E-state index in [2.05, 4.69) is 5.32 Å². The molecule has 0 fully saturated rings. The van der Waals surface area contributed by atoms with Crippen molar-refractivity contribution < 1.29 is 9.13 Å². The highest BCUT2D eigenvalue weighted by molar-refractivity contribution is 5.31. The Morgan fingerprint density at radius 1 is 1.41 bits per heavy atom. The van der Waals surface area contributed by atoms with E-state index in [1.54, 1.807) is 12.1 Å². The van der Waals surface area contributed by atoms with Gasteiger partial charge in [0.2, 0.25) is 0 Å². The third-order valence-electron chi connectivity index (χ3n) is 3.05. The fourth-order valence-corrected chi connectivity index (χ4v) is 2.26. The Morgan fingerprint density at radius 2 is 2.06 bits per heavy atom. The topological polar surface area (TPSA) is 21.3 Å². The Bertz CT molecular complexity index is 376. The van der Waals surface area contributed by atoms with Crippen LogP contribution in [-0.2, 0) is 4.74 Å². The number of hydrogen-bond acceptors (Lipinski definition) is 2. The summed E-state index contributed by atoms with van der Waals surface area (Å²) in [5.41, 5.74) is 1.65. The van der Waals surface area contributed by atoms with Crippen LogP contribution in [0.1, 0.15) is 37.9 Å². The van der Waals surface area contributed by atoms with Gasteiger partial charge in [-0.05, 0) is 58.0 Å². The van der Waals surface area contributed by atoms with Crippen molar-refractivity contribution in [2.24, 2.45) is 0 Å². The van der Waals surface area contributed by atoms with Gasteiger partial charge >= 0.3 is 0 Å². The van der Waals surface area contributed by atoms with Crippen molar-refractivity contribution in [1.29, 1.82) is 0 Å². The molecule has 0 aromatic heterocycles. The van der Waals surface area contributed by atoms with E-state index in [1.807, 2.05) is 34.7 Å². The molecule has 0 spiro atoms. The third-order valence-corrected chi connectivity index (χ3v) is 3.05. The molecule has 17 heavy (non-hydrogen) atoms. The smallest absolute Gasteiger partial charge is 0.123 e. The number of benzene rings is 1. The normalized spacial score (nSPS) is 13.8. The Balaban J connectivity index is 3.13. The van der Waals surface area contributed by atoms with E-state index in [9.17, 15) is 4.39 Å². The van der Waals surface area contributed by atoms with Crippen LogP contribution in [0, 0.1) is 12.7 Å². The van der Waals surface area contributed by atoms with Crippen molar-refractivity contribution in [3.05, 3.63) is 35.1 Å². The molecule has 0 aliphatic rings. The second kappa shape index (κ2) is 5.61. The molecule has 0 aliphatic carbocycles. The molecule has 0 saturated heterocycles. The zero-order valence-corrected chi connectivity index (χ0v) is 11.3. The summed E-state index contributed by atoms with van der Waals surface area (Å²) >= 11 is 0. The molecular weight excluding hydrogens is 217 g/mol. The second-order valence-electron chi connectivity index (χ2n) is 4.76. The standard InChI is InChI=1S/C14H22FNO/c1-6-17-14(3,4)13(16-5)12-9-11(15)8-7-10(12)2/h7-9,13,16H,6H2,1-5H3. The van der Waals surface area contributed by atoms with E-state index in [4.69, 9.17) is 4.74 Å². The van der Waals surface area contributed by atoms with Crippen LogP contribution in [0.4, 0.5) is 4.39 Å². The molecule has 0 heterocycles. The number of ether oxygens (including phenoxy) is 1. The highest BCUT2D eigenvalue weighted by atomic mass is 19.1. The van der Waals surface area contributed by atoms with Gasteiger partial charge in [0, 0.05) is 6.61 Å². The van der Waals surface area contributed by atoms with Gasteiger partial charge in [0.25, 0.3) is 0 Å². The van der Waals surface area contributed by atoms with Gasteiger partial charge < -0.3 is 10.1 Å². The van der Waals surface area contributed by atoms with Crippen LogP contribution in [-0.4, -0.2) is 19.3 Å². The van der Waals surface area contributed by atoms with E-state index in [0.29, 0.717) is 6.61 Å². The molecule has 0 saturated carbocycles. The fraction of sp³-hybridized carbons (Fsp3) is 0.571. The minimum Gasteiger partial charge on any atom is -0.374 e. The van der Waals surface area contributed by atoms with Crippen molar-refractivity contribution in [2.75, 3.05) is 13.7 Å². The average Bonchev–Trinajstić information content (AvgIpc) is 2.23. The zero-order valence-electron chi connectivity index (χ0n) is 11.3. The lowest BCUT2D eigenvalue weighted by Gasteiger charge is -2.35. The number of rotatable bonds is 5. The first-order valence-corrected chi connectivity index (χ1v) is 5.99. The van der Waals surface area contributed by atoms with Gasteiger partial charge in [0.15, 0.2) is 0 Å². The van der Waals surface area contributed by atoms with Crippen molar-refractivity contribution in [1.82, 2.24) is 5.32 Å². The van der Waals surface area contributed by atoms with Gasteiger partial charge in [-0.15, -0.1) is 0 Å². The van der Waals surface area contributed by atoms with Gasteiger partial charge in [0.05, 0.1) is 11.6 Å². The first-order valence-electron chi connectivity index (χ1n) is 5.99. The quantitative estimate of drug-likeness (QED) is 0.852. The van der Waals surface area contributed by atoms with Gasteiger partial charge in [-0.25, -0.2) is 4.39 Å². The van der Waals surface area contributed by atoms with E-state index >= 15 is 0 Å². The molecule has 0 amide bonds. The van der Waals surface area contributed by atoms with Crippen LogP contribution < -0.4 is 5.32 Å². The Kier molecular flexibility index (Phi) is 4.66. The second-order valence-corrected chi connectivity index (χ2v) is 4.76. The number of hydrogen-bond donors (Lipinski definition) is 1. The molecule has 1 atom stereocenters. The maximum Gasteiger partial charge on any atom is 0.123 e. The fourth-order valence-electron chi connectivity index (χ4n) is 2.26. The maximum atomic E-state index is 13.3. The largest absolute Gasteiger partial charge is 0.374 e. The van der Waals surface area contributed by atoms with Crippen molar-refractivity contribution in [3.63, 3.8) is 0 Å². The summed E-state index contributed by atoms with van der Waals surface area (Å²) in [5.74, 6) is -0.210. The molecular formula is C14H22FNO. The lowest BCUT2D eigenvalue weighted by Crippen LogP contribution is -2.40. The van der Waals surface area contributed by atoms with Crippen LogP contribution in [0.25, 0.3) is 0 Å². The maximum absolute atomic E-state index is 13.3. The zero-order chi connectivity index (χ0) is 13.1. The molecule has 2 nitrogen and oxygen atoms in total. The van der Waals surface area contributed by atoms with E-state index in [-0.39, 0.29) is 17.5 Å². The minimum absolute atomic E-state index is 0.0295. The Morgan fingerprint density at radius 3 is 2.59 bits per heavy atom. The van der Waals surface area contributed by atoms with Crippen molar-refractivity contribution >= 4 is 0 Å². The molecule has 3 heteroatoms. The first-order chi connectivity index (χ1) is 7.92. The summed E-state index contributed by atoms with van der Waals surface area (Å²) in [4.78, 5) is 0. The highest BCUT2D eigenvalue weighted by Gasteiger charge is 2.31. The predicted octanol–water partition coefficient (Wildman–Crippen LogP) is 3.21. The number of aryl methyl sites for hydroxylation is 1. The third kappa shape index (κ3) is 3.27. The SMILES string of the molecule is CCOC(C)(C)C(NC)c1cc(F)ccc1C. The molecule has 0 bridgehead atoms. The van der Waals surface area contributed by atoms with Gasteiger partial charge in [0.1, 0.15) is 5.82 Å². The van der Waals surface area contributed by atoms with Gasteiger partial charge in [-0.2, -0.15) is 0 Å². The number of halogens is 1. The van der Waals surface area contributed by atoms with Crippen molar-refractivity contribution in [2.45, 2.75) is 39.3 Å². The van der Waals surface area contributed by atoms with Crippen LogP contribution in [0.5, 0.6) is 0 Å². The molecule has 1 unspecified atom stereocenters. The lowest BCUT2D eigenvalue weighted by atomic mass is 9.89. The Labute approximate surface area is 103 Å². The lowest BCUT2D eigenvalue weighted by molar-refractivity contribution is -0.0376. The van der Waals surface area contributed by atoms with Crippen LogP contribution in [0.15, 0.2) is 18.2 Å². The Hall–Kier alpha value is -0.930. The summed E-state index contributed by atoms with van der Waals surface area (Å²) in [6, 6.07) is 4.84. The van der Waals surface area contributed by atoms with Gasteiger partial charge in [-0.3, -0.25) is 0 Å². The molecule has 1 rings (SSSR count).